The highest BCUT2D eigenvalue weighted by Gasteiger charge is 2.17. The van der Waals surface area contributed by atoms with Crippen molar-refractivity contribution in [2.45, 2.75) is 12.3 Å². The Kier molecular flexibility index (Phi) is 2.75. The average Bonchev–Trinajstić information content (AvgIpc) is 3.00. The normalized spacial score (nSPS) is 17.2. The third-order valence-corrected chi connectivity index (χ3v) is 5.51. The fourth-order valence-corrected chi connectivity index (χ4v) is 4.31. The van der Waals surface area contributed by atoms with Crippen LogP contribution in [0.4, 0.5) is 0 Å². The highest BCUT2D eigenvalue weighted by molar-refractivity contribution is 6.25. The first-order valence-corrected chi connectivity index (χ1v) is 9.07. The summed E-state index contributed by atoms with van der Waals surface area (Å²) in [6.07, 6.45) is 9.86. The Labute approximate surface area is 150 Å². The van der Waals surface area contributed by atoms with E-state index in [0.29, 0.717) is 5.92 Å². The highest BCUT2D eigenvalue weighted by Crippen LogP contribution is 2.40. The SMILES string of the molecule is C1=CCC(c2cc3[nH]c4cccc5oc6ccccc6c(c2)c3c45)C=C1. The van der Waals surface area contributed by atoms with E-state index >= 15 is 0 Å². The van der Waals surface area contributed by atoms with Gasteiger partial charge in [0, 0.05) is 22.2 Å². The lowest BCUT2D eigenvalue weighted by molar-refractivity contribution is 0.664. The smallest absolute Gasteiger partial charge is 0.137 e. The monoisotopic (exact) mass is 335 g/mol. The number of H-pyrrole nitrogens is 1. The largest absolute Gasteiger partial charge is 0.456 e. The fraction of sp³-hybridized carbons (Fsp3) is 0.0833. The molecule has 2 heteroatoms. The zero-order chi connectivity index (χ0) is 17.1. The summed E-state index contributed by atoms with van der Waals surface area (Å²) in [5.74, 6) is 0.419. The van der Waals surface area contributed by atoms with Gasteiger partial charge in [0.25, 0.3) is 0 Å². The van der Waals surface area contributed by atoms with Crippen molar-refractivity contribution in [3.8, 4) is 0 Å². The molecule has 1 aliphatic carbocycles. The van der Waals surface area contributed by atoms with Crippen LogP contribution in [0.25, 0.3) is 43.7 Å². The Morgan fingerprint density at radius 1 is 0.808 bits per heavy atom. The first-order valence-electron chi connectivity index (χ1n) is 9.07. The molecule has 0 bridgehead atoms. The standard InChI is InChI=1S/C24H17NO/c1-2-7-15(8-3-1)16-13-18-17-9-4-5-11-21(17)26-22-12-6-10-19-24(22)23(18)20(14-16)25-19/h1-7,9-15,25H,8H2. The molecule has 1 N–H and O–H groups in total. The summed E-state index contributed by atoms with van der Waals surface area (Å²) in [5, 5.41) is 4.86. The van der Waals surface area contributed by atoms with Gasteiger partial charge in [0.15, 0.2) is 0 Å². The van der Waals surface area contributed by atoms with E-state index < -0.39 is 0 Å². The molecule has 1 unspecified atom stereocenters. The zero-order valence-corrected chi connectivity index (χ0v) is 14.2. The first-order chi connectivity index (χ1) is 12.9. The predicted octanol–water partition coefficient (Wildman–Crippen LogP) is 6.82. The van der Waals surface area contributed by atoms with Crippen molar-refractivity contribution in [2.75, 3.05) is 0 Å². The molecule has 0 spiro atoms. The van der Waals surface area contributed by atoms with Crippen molar-refractivity contribution in [3.63, 3.8) is 0 Å². The van der Waals surface area contributed by atoms with E-state index in [1.807, 2.05) is 6.07 Å². The maximum Gasteiger partial charge on any atom is 0.137 e. The second-order valence-electron chi connectivity index (χ2n) is 7.05. The average molecular weight is 335 g/mol. The summed E-state index contributed by atoms with van der Waals surface area (Å²) >= 11 is 0. The van der Waals surface area contributed by atoms with Crippen molar-refractivity contribution >= 4 is 43.7 Å². The van der Waals surface area contributed by atoms with Gasteiger partial charge in [-0.1, -0.05) is 48.6 Å². The maximum absolute atomic E-state index is 6.32. The number of allylic oxidation sites excluding steroid dienone is 4. The third kappa shape index (κ3) is 1.87. The second kappa shape index (κ2) is 5.12. The van der Waals surface area contributed by atoms with Crippen molar-refractivity contribution < 1.29 is 4.42 Å². The van der Waals surface area contributed by atoms with Crippen LogP contribution in [0.15, 0.2) is 83.3 Å². The molecule has 3 aromatic carbocycles. The molecule has 0 saturated carbocycles. The summed E-state index contributed by atoms with van der Waals surface area (Å²) < 4.78 is 6.32. The van der Waals surface area contributed by atoms with E-state index in [1.54, 1.807) is 0 Å². The molecule has 0 radical (unpaired) electrons. The van der Waals surface area contributed by atoms with Crippen molar-refractivity contribution in [3.05, 3.63) is 84.5 Å². The van der Waals surface area contributed by atoms with Crippen LogP contribution >= 0.6 is 0 Å². The number of rotatable bonds is 1. The molecule has 0 saturated heterocycles. The first kappa shape index (κ1) is 14.0. The number of para-hydroxylation sites is 1. The van der Waals surface area contributed by atoms with Gasteiger partial charge in [-0.3, -0.25) is 0 Å². The maximum atomic E-state index is 6.32. The van der Waals surface area contributed by atoms with Gasteiger partial charge in [0.05, 0.1) is 10.9 Å². The summed E-state index contributed by atoms with van der Waals surface area (Å²) in [6.45, 7) is 0. The molecule has 26 heavy (non-hydrogen) atoms. The summed E-state index contributed by atoms with van der Waals surface area (Å²) in [5.41, 5.74) is 5.51. The molecule has 0 amide bonds. The lowest BCUT2D eigenvalue weighted by atomic mass is 9.90. The van der Waals surface area contributed by atoms with Crippen LogP contribution in [0.3, 0.4) is 0 Å². The Morgan fingerprint density at radius 3 is 2.65 bits per heavy atom. The van der Waals surface area contributed by atoms with E-state index in [1.165, 1.54) is 27.2 Å². The summed E-state index contributed by atoms with van der Waals surface area (Å²) in [6, 6.07) is 19.3. The quantitative estimate of drug-likeness (QED) is 0.358. The van der Waals surface area contributed by atoms with Gasteiger partial charge in [-0.05, 0) is 47.7 Å². The minimum atomic E-state index is 0.419. The molecule has 0 fully saturated rings. The van der Waals surface area contributed by atoms with Gasteiger partial charge in [-0.25, -0.2) is 0 Å². The number of hydrogen-bond donors (Lipinski definition) is 1. The molecule has 2 aromatic heterocycles. The van der Waals surface area contributed by atoms with Crippen LogP contribution in [0.1, 0.15) is 17.9 Å². The Balaban J connectivity index is 1.85. The second-order valence-corrected chi connectivity index (χ2v) is 7.05. The van der Waals surface area contributed by atoms with E-state index in [0.717, 1.165) is 28.5 Å². The number of aromatic amines is 1. The molecule has 1 atom stereocenters. The van der Waals surface area contributed by atoms with Crippen LogP contribution < -0.4 is 0 Å². The minimum absolute atomic E-state index is 0.419. The molecule has 1 aliphatic rings. The number of benzene rings is 3. The fourth-order valence-electron chi connectivity index (χ4n) is 4.31. The minimum Gasteiger partial charge on any atom is -0.456 e. The predicted molar refractivity (Wildman–Crippen MR) is 109 cm³/mol. The molecule has 0 aliphatic heterocycles. The topological polar surface area (TPSA) is 28.9 Å². The lowest BCUT2D eigenvalue weighted by Crippen LogP contribution is -1.96. The van der Waals surface area contributed by atoms with Crippen LogP contribution in [0, 0.1) is 0 Å². The van der Waals surface area contributed by atoms with Crippen molar-refractivity contribution in [1.82, 2.24) is 4.98 Å². The van der Waals surface area contributed by atoms with Gasteiger partial charge < -0.3 is 9.40 Å². The van der Waals surface area contributed by atoms with Crippen LogP contribution in [-0.4, -0.2) is 4.98 Å². The Hall–Kier alpha value is -3.26. The van der Waals surface area contributed by atoms with Crippen LogP contribution in [0.5, 0.6) is 0 Å². The van der Waals surface area contributed by atoms with Gasteiger partial charge in [0.2, 0.25) is 0 Å². The molecule has 5 aromatic rings. The van der Waals surface area contributed by atoms with Gasteiger partial charge in [-0.2, -0.15) is 0 Å². The van der Waals surface area contributed by atoms with Crippen molar-refractivity contribution in [2.24, 2.45) is 0 Å². The van der Waals surface area contributed by atoms with Gasteiger partial charge >= 0.3 is 0 Å². The lowest BCUT2D eigenvalue weighted by Gasteiger charge is -2.14. The van der Waals surface area contributed by atoms with Crippen LogP contribution in [0.2, 0.25) is 0 Å². The molecule has 2 nitrogen and oxygen atoms in total. The summed E-state index contributed by atoms with van der Waals surface area (Å²) in [7, 11) is 0. The zero-order valence-electron chi connectivity index (χ0n) is 14.2. The van der Waals surface area contributed by atoms with Gasteiger partial charge in [0.1, 0.15) is 11.2 Å². The Morgan fingerprint density at radius 2 is 1.73 bits per heavy atom. The van der Waals surface area contributed by atoms with E-state index in [4.69, 9.17) is 4.42 Å². The number of fused-ring (bicyclic) bond motifs is 2. The van der Waals surface area contributed by atoms with E-state index in [-0.39, 0.29) is 0 Å². The third-order valence-electron chi connectivity index (χ3n) is 5.51. The molecule has 124 valence electrons. The molecule has 6 rings (SSSR count). The number of nitrogens with one attached hydrogen (secondary N) is 1. The molecular formula is C24H17NO. The van der Waals surface area contributed by atoms with E-state index in [9.17, 15) is 0 Å². The van der Waals surface area contributed by atoms with Crippen molar-refractivity contribution in [1.29, 1.82) is 0 Å². The van der Waals surface area contributed by atoms with E-state index in [2.05, 4.69) is 77.8 Å². The van der Waals surface area contributed by atoms with Crippen LogP contribution in [-0.2, 0) is 0 Å². The highest BCUT2D eigenvalue weighted by atomic mass is 16.3. The van der Waals surface area contributed by atoms with Gasteiger partial charge in [-0.15, -0.1) is 0 Å². The molecular weight excluding hydrogens is 318 g/mol. The number of hydrogen-bond acceptors (Lipinski definition) is 1. The molecule has 2 heterocycles. The summed E-state index contributed by atoms with van der Waals surface area (Å²) in [4.78, 5) is 3.62. The number of aromatic nitrogens is 1. The Bertz CT molecular complexity index is 1360.